The van der Waals surface area contributed by atoms with Crippen molar-refractivity contribution in [3.05, 3.63) is 11.6 Å². The van der Waals surface area contributed by atoms with Crippen LogP contribution in [-0.4, -0.2) is 24.3 Å². The summed E-state index contributed by atoms with van der Waals surface area (Å²) in [6, 6.07) is 0. The van der Waals surface area contributed by atoms with Crippen LogP contribution in [-0.2, 0) is 9.53 Å². The highest BCUT2D eigenvalue weighted by atomic mass is 16.5. The van der Waals surface area contributed by atoms with Crippen LogP contribution in [0.2, 0.25) is 0 Å². The highest BCUT2D eigenvalue weighted by molar-refractivity contribution is 5.89. The molecule has 0 aliphatic carbocycles. The largest absolute Gasteiger partial charge is 0.462 e. The molecule has 0 saturated carbocycles. The first-order chi connectivity index (χ1) is 5.79. The summed E-state index contributed by atoms with van der Waals surface area (Å²) in [6.07, 6.45) is 3.28. The lowest BCUT2D eigenvalue weighted by atomic mass is 9.91. The number of aliphatic hydroxyl groups excluding tert-OH is 1. The van der Waals surface area contributed by atoms with E-state index >= 15 is 0 Å². The molecule has 0 aromatic heterocycles. The maximum absolute atomic E-state index is 11.1. The van der Waals surface area contributed by atoms with Gasteiger partial charge in [0.2, 0.25) is 0 Å². The van der Waals surface area contributed by atoms with Crippen molar-refractivity contribution in [2.75, 3.05) is 13.2 Å². The Hall–Kier alpha value is -0.830. The molecule has 68 valence electrons. The van der Waals surface area contributed by atoms with Crippen LogP contribution in [0.15, 0.2) is 11.6 Å². The number of rotatable bonds is 2. The van der Waals surface area contributed by atoms with E-state index in [9.17, 15) is 4.79 Å². The van der Waals surface area contributed by atoms with Crippen LogP contribution in [0.1, 0.15) is 19.8 Å². The Labute approximate surface area is 72.0 Å². The third kappa shape index (κ3) is 1.85. The Morgan fingerprint density at radius 2 is 2.50 bits per heavy atom. The molecule has 1 saturated heterocycles. The van der Waals surface area contributed by atoms with Crippen molar-refractivity contribution in [2.24, 2.45) is 5.92 Å². The van der Waals surface area contributed by atoms with Crippen LogP contribution in [0.4, 0.5) is 0 Å². The highest BCUT2D eigenvalue weighted by Gasteiger charge is 2.25. The van der Waals surface area contributed by atoms with Gasteiger partial charge in [0.15, 0.2) is 0 Å². The van der Waals surface area contributed by atoms with E-state index in [2.05, 4.69) is 0 Å². The Bertz CT molecular complexity index is 194. The zero-order chi connectivity index (χ0) is 8.97. The summed E-state index contributed by atoms with van der Waals surface area (Å²) in [6.45, 7) is 2.45. The number of hydrogen-bond acceptors (Lipinski definition) is 3. The van der Waals surface area contributed by atoms with Crippen molar-refractivity contribution >= 4 is 5.97 Å². The molecule has 1 fully saturated rings. The monoisotopic (exact) mass is 170 g/mol. The van der Waals surface area contributed by atoms with Gasteiger partial charge in [0.25, 0.3) is 0 Å². The number of ether oxygens (including phenoxy) is 1. The molecule has 0 radical (unpaired) electrons. The fraction of sp³-hybridized carbons (Fsp3) is 0.667. The first-order valence-electron chi connectivity index (χ1n) is 4.23. The normalized spacial score (nSPS) is 27.3. The lowest BCUT2D eigenvalue weighted by Crippen LogP contribution is -2.24. The van der Waals surface area contributed by atoms with Crippen LogP contribution in [0.3, 0.4) is 0 Å². The van der Waals surface area contributed by atoms with Gasteiger partial charge in [-0.15, -0.1) is 0 Å². The van der Waals surface area contributed by atoms with E-state index in [1.54, 1.807) is 6.08 Å². The molecule has 1 aliphatic heterocycles. The third-order valence-corrected chi connectivity index (χ3v) is 2.16. The van der Waals surface area contributed by atoms with Crippen molar-refractivity contribution < 1.29 is 14.6 Å². The molecule has 1 rings (SSSR count). The lowest BCUT2D eigenvalue weighted by molar-refractivity contribution is -0.142. The van der Waals surface area contributed by atoms with E-state index in [-0.39, 0.29) is 18.5 Å². The second kappa shape index (κ2) is 4.26. The topological polar surface area (TPSA) is 46.5 Å². The Balaban J connectivity index is 2.65. The van der Waals surface area contributed by atoms with Crippen LogP contribution in [0.5, 0.6) is 0 Å². The smallest absolute Gasteiger partial charge is 0.333 e. The van der Waals surface area contributed by atoms with Crippen LogP contribution in [0, 0.1) is 5.92 Å². The molecule has 0 bridgehead atoms. The fourth-order valence-electron chi connectivity index (χ4n) is 1.51. The van der Waals surface area contributed by atoms with E-state index in [0.29, 0.717) is 13.0 Å². The maximum atomic E-state index is 11.1. The summed E-state index contributed by atoms with van der Waals surface area (Å²) in [5.74, 6) is -0.0246. The molecular weight excluding hydrogens is 156 g/mol. The Kier molecular flexibility index (Phi) is 3.29. The molecule has 0 amide bonds. The number of carbonyl (C=O) groups excluding carboxylic acids is 1. The van der Waals surface area contributed by atoms with Crippen LogP contribution in [0.25, 0.3) is 0 Å². The summed E-state index contributed by atoms with van der Waals surface area (Å²) >= 11 is 0. The summed E-state index contributed by atoms with van der Waals surface area (Å²) in [5.41, 5.74) is 0.718. The zero-order valence-electron chi connectivity index (χ0n) is 7.25. The van der Waals surface area contributed by atoms with Gasteiger partial charge in [-0.05, 0) is 25.7 Å². The average Bonchev–Trinajstić information content (AvgIpc) is 2.05. The van der Waals surface area contributed by atoms with E-state index < -0.39 is 0 Å². The van der Waals surface area contributed by atoms with Crippen molar-refractivity contribution in [3.63, 3.8) is 0 Å². The number of cyclic esters (lactones) is 1. The highest BCUT2D eigenvalue weighted by Crippen LogP contribution is 2.24. The molecule has 0 spiro atoms. The van der Waals surface area contributed by atoms with E-state index in [1.165, 1.54) is 0 Å². The number of hydrogen-bond donors (Lipinski definition) is 1. The van der Waals surface area contributed by atoms with Gasteiger partial charge in [-0.3, -0.25) is 0 Å². The molecule has 1 aliphatic rings. The van der Waals surface area contributed by atoms with Crippen LogP contribution < -0.4 is 0 Å². The SMILES string of the molecule is CC=C1C(=O)OCCC1CCO. The van der Waals surface area contributed by atoms with Gasteiger partial charge in [0.1, 0.15) is 0 Å². The van der Waals surface area contributed by atoms with Crippen molar-refractivity contribution in [1.82, 2.24) is 0 Å². The molecule has 1 heterocycles. The minimum Gasteiger partial charge on any atom is -0.462 e. The Morgan fingerprint density at radius 1 is 1.75 bits per heavy atom. The number of aliphatic hydroxyl groups is 1. The van der Waals surface area contributed by atoms with Crippen molar-refractivity contribution in [2.45, 2.75) is 19.8 Å². The Morgan fingerprint density at radius 3 is 3.08 bits per heavy atom. The molecule has 1 N–H and O–H groups in total. The summed E-state index contributed by atoms with van der Waals surface area (Å²) < 4.78 is 4.87. The molecule has 3 nitrogen and oxygen atoms in total. The second-order valence-electron chi connectivity index (χ2n) is 2.88. The lowest BCUT2D eigenvalue weighted by Gasteiger charge is -2.23. The van der Waals surface area contributed by atoms with Gasteiger partial charge in [-0.25, -0.2) is 4.79 Å². The fourth-order valence-corrected chi connectivity index (χ4v) is 1.51. The van der Waals surface area contributed by atoms with Gasteiger partial charge >= 0.3 is 5.97 Å². The van der Waals surface area contributed by atoms with Gasteiger partial charge in [-0.2, -0.15) is 0 Å². The van der Waals surface area contributed by atoms with Crippen molar-refractivity contribution in [1.29, 1.82) is 0 Å². The van der Waals surface area contributed by atoms with Gasteiger partial charge in [0.05, 0.1) is 6.61 Å². The summed E-state index contributed by atoms with van der Waals surface area (Å²) in [5, 5.41) is 8.74. The van der Waals surface area contributed by atoms with Gasteiger partial charge in [0, 0.05) is 12.2 Å². The van der Waals surface area contributed by atoms with Gasteiger partial charge < -0.3 is 9.84 Å². The first-order valence-corrected chi connectivity index (χ1v) is 4.23. The number of carbonyl (C=O) groups is 1. The maximum Gasteiger partial charge on any atom is 0.333 e. The molecule has 12 heavy (non-hydrogen) atoms. The number of allylic oxidation sites excluding steroid dienone is 1. The van der Waals surface area contributed by atoms with Crippen molar-refractivity contribution in [3.8, 4) is 0 Å². The first kappa shape index (κ1) is 9.26. The second-order valence-corrected chi connectivity index (χ2v) is 2.88. The van der Waals surface area contributed by atoms with E-state index in [0.717, 1.165) is 12.0 Å². The molecule has 1 atom stereocenters. The third-order valence-electron chi connectivity index (χ3n) is 2.16. The molecule has 0 aromatic rings. The quantitative estimate of drug-likeness (QED) is 0.494. The summed E-state index contributed by atoms with van der Waals surface area (Å²) in [7, 11) is 0. The minimum atomic E-state index is -0.220. The zero-order valence-corrected chi connectivity index (χ0v) is 7.25. The standard InChI is InChI=1S/C9H14O3/c1-2-8-7(3-5-10)4-6-12-9(8)11/h2,7,10H,3-6H2,1H3. The predicted molar refractivity (Wildman–Crippen MR) is 44.5 cm³/mol. The average molecular weight is 170 g/mol. The molecular formula is C9H14O3. The molecule has 0 aromatic carbocycles. The minimum absolute atomic E-state index is 0.134. The van der Waals surface area contributed by atoms with Crippen LogP contribution >= 0.6 is 0 Å². The van der Waals surface area contributed by atoms with Gasteiger partial charge in [-0.1, -0.05) is 6.08 Å². The molecule has 1 unspecified atom stereocenters. The predicted octanol–water partition coefficient (Wildman–Crippen LogP) is 0.878. The van der Waals surface area contributed by atoms with E-state index in [1.807, 2.05) is 6.92 Å². The summed E-state index contributed by atoms with van der Waals surface area (Å²) in [4.78, 5) is 11.1. The van der Waals surface area contributed by atoms with E-state index in [4.69, 9.17) is 9.84 Å². The molecule has 3 heteroatoms. The number of esters is 1.